The molecule has 2 rings (SSSR count). The minimum absolute atomic E-state index is 0.209. The second kappa shape index (κ2) is 6.52. The minimum atomic E-state index is -0.505. The van der Waals surface area contributed by atoms with Crippen LogP contribution < -0.4 is 4.90 Å². The molecule has 1 fully saturated rings. The van der Waals surface area contributed by atoms with Gasteiger partial charge in [0.25, 0.3) is 0 Å². The van der Waals surface area contributed by atoms with Crippen molar-refractivity contribution < 1.29 is 19.0 Å². The highest BCUT2D eigenvalue weighted by molar-refractivity contribution is 5.68. The van der Waals surface area contributed by atoms with Gasteiger partial charge < -0.3 is 19.6 Å². The van der Waals surface area contributed by atoms with Crippen LogP contribution in [0.25, 0.3) is 0 Å². The third-order valence-corrected chi connectivity index (χ3v) is 3.48. The summed E-state index contributed by atoms with van der Waals surface area (Å²) in [7, 11) is 0. The molecule has 0 bridgehead atoms. The molecule has 6 heteroatoms. The summed E-state index contributed by atoms with van der Waals surface area (Å²) in [6.07, 6.45) is -0.311. The summed E-state index contributed by atoms with van der Waals surface area (Å²) in [5.74, 6) is -0.361. The largest absolute Gasteiger partial charge is 0.444 e. The molecule has 22 heavy (non-hydrogen) atoms. The molecule has 1 amide bonds. The number of benzene rings is 1. The molecule has 1 N–H and O–H groups in total. The first-order valence-electron chi connectivity index (χ1n) is 7.42. The lowest BCUT2D eigenvalue weighted by molar-refractivity contribution is 0.0240. The third kappa shape index (κ3) is 4.10. The molecular weight excluding hydrogens is 287 g/mol. The number of halogens is 1. The van der Waals surface area contributed by atoms with Crippen molar-refractivity contribution >= 4 is 11.8 Å². The van der Waals surface area contributed by atoms with Gasteiger partial charge in [0.2, 0.25) is 0 Å². The number of rotatable bonds is 2. The molecule has 0 aromatic heterocycles. The van der Waals surface area contributed by atoms with Crippen LogP contribution in [0.2, 0.25) is 0 Å². The second-order valence-electron chi connectivity index (χ2n) is 6.39. The Kier molecular flexibility index (Phi) is 4.90. The van der Waals surface area contributed by atoms with E-state index in [4.69, 9.17) is 4.74 Å². The van der Waals surface area contributed by atoms with Crippen molar-refractivity contribution in [3.63, 3.8) is 0 Å². The van der Waals surface area contributed by atoms with E-state index < -0.39 is 5.60 Å². The van der Waals surface area contributed by atoms with Crippen LogP contribution in [0.15, 0.2) is 18.2 Å². The molecule has 0 atom stereocenters. The molecule has 0 spiro atoms. The molecule has 0 radical (unpaired) electrons. The first-order valence-corrected chi connectivity index (χ1v) is 7.42. The summed E-state index contributed by atoms with van der Waals surface area (Å²) in [6.45, 7) is 7.64. The van der Waals surface area contributed by atoms with Crippen molar-refractivity contribution in [1.29, 1.82) is 0 Å². The molecule has 1 heterocycles. The van der Waals surface area contributed by atoms with E-state index in [0.717, 1.165) is 5.69 Å². The zero-order chi connectivity index (χ0) is 16.3. The van der Waals surface area contributed by atoms with Gasteiger partial charge in [0, 0.05) is 37.4 Å². The average Bonchev–Trinajstić information content (AvgIpc) is 2.45. The average molecular weight is 310 g/mol. The van der Waals surface area contributed by atoms with Crippen LogP contribution in [0.1, 0.15) is 26.3 Å². The Hall–Kier alpha value is -1.82. The van der Waals surface area contributed by atoms with Gasteiger partial charge in [-0.05, 0) is 39.0 Å². The highest BCUT2D eigenvalue weighted by Gasteiger charge is 2.26. The predicted octanol–water partition coefficient (Wildman–Crippen LogP) is 2.38. The third-order valence-electron chi connectivity index (χ3n) is 3.48. The van der Waals surface area contributed by atoms with E-state index in [1.807, 2.05) is 25.7 Å². The number of carbonyl (C=O) groups excluding carboxylic acids is 1. The van der Waals surface area contributed by atoms with Gasteiger partial charge in [-0.25, -0.2) is 9.18 Å². The summed E-state index contributed by atoms with van der Waals surface area (Å²) in [5, 5.41) is 9.36. The fraction of sp³-hybridized carbons (Fsp3) is 0.562. The van der Waals surface area contributed by atoms with Gasteiger partial charge in [-0.1, -0.05) is 0 Å². The predicted molar refractivity (Wildman–Crippen MR) is 82.3 cm³/mol. The quantitative estimate of drug-likeness (QED) is 0.911. The van der Waals surface area contributed by atoms with Crippen molar-refractivity contribution in [2.45, 2.75) is 33.0 Å². The number of hydrogen-bond donors (Lipinski definition) is 1. The fourth-order valence-electron chi connectivity index (χ4n) is 2.45. The van der Waals surface area contributed by atoms with Crippen LogP contribution in [0.5, 0.6) is 0 Å². The van der Waals surface area contributed by atoms with Gasteiger partial charge in [0.05, 0.1) is 6.61 Å². The molecular formula is C16H23FN2O3. The van der Waals surface area contributed by atoms with Gasteiger partial charge >= 0.3 is 6.09 Å². The number of piperazine rings is 1. The van der Waals surface area contributed by atoms with Gasteiger partial charge in [-0.2, -0.15) is 0 Å². The highest BCUT2D eigenvalue weighted by Crippen LogP contribution is 2.23. The molecule has 0 aliphatic carbocycles. The molecule has 1 aliphatic heterocycles. The Balaban J connectivity index is 1.99. The summed E-state index contributed by atoms with van der Waals surface area (Å²) in [4.78, 5) is 15.7. The zero-order valence-corrected chi connectivity index (χ0v) is 13.3. The lowest BCUT2D eigenvalue weighted by Gasteiger charge is -2.37. The number of nitrogens with zero attached hydrogens (tertiary/aromatic N) is 2. The number of aliphatic hydroxyl groups is 1. The first kappa shape index (κ1) is 16.5. The van der Waals surface area contributed by atoms with Crippen molar-refractivity contribution in [3.05, 3.63) is 29.6 Å². The number of aliphatic hydroxyl groups excluding tert-OH is 1. The van der Waals surface area contributed by atoms with E-state index in [1.54, 1.807) is 11.0 Å². The van der Waals surface area contributed by atoms with Crippen molar-refractivity contribution in [2.24, 2.45) is 0 Å². The maximum absolute atomic E-state index is 13.2. The van der Waals surface area contributed by atoms with Crippen molar-refractivity contribution in [2.75, 3.05) is 31.1 Å². The van der Waals surface area contributed by atoms with E-state index in [2.05, 4.69) is 0 Å². The van der Waals surface area contributed by atoms with Gasteiger partial charge in [0.1, 0.15) is 11.4 Å². The SMILES string of the molecule is CC(C)(C)OC(=O)N1CCN(c2ccc(F)cc2CO)CC1. The number of anilines is 1. The van der Waals surface area contributed by atoms with Gasteiger partial charge in [-0.3, -0.25) is 0 Å². The Morgan fingerprint density at radius 3 is 2.45 bits per heavy atom. The van der Waals surface area contributed by atoms with Gasteiger partial charge in [-0.15, -0.1) is 0 Å². The van der Waals surface area contributed by atoms with E-state index in [0.29, 0.717) is 31.7 Å². The van der Waals surface area contributed by atoms with E-state index in [-0.39, 0.29) is 18.5 Å². The monoisotopic (exact) mass is 310 g/mol. The maximum Gasteiger partial charge on any atom is 0.410 e. The maximum atomic E-state index is 13.2. The first-order chi connectivity index (χ1) is 10.3. The lowest BCUT2D eigenvalue weighted by Crippen LogP contribution is -2.50. The Labute approximate surface area is 130 Å². The van der Waals surface area contributed by atoms with Crippen LogP contribution >= 0.6 is 0 Å². The molecule has 1 aromatic carbocycles. The van der Waals surface area contributed by atoms with E-state index in [9.17, 15) is 14.3 Å². The van der Waals surface area contributed by atoms with E-state index >= 15 is 0 Å². The summed E-state index contributed by atoms with van der Waals surface area (Å²) in [5.41, 5.74) is 0.869. The molecule has 1 aromatic rings. The highest BCUT2D eigenvalue weighted by atomic mass is 19.1. The van der Waals surface area contributed by atoms with Crippen molar-refractivity contribution in [1.82, 2.24) is 4.90 Å². The molecule has 0 unspecified atom stereocenters. The number of amides is 1. The summed E-state index contributed by atoms with van der Waals surface area (Å²) in [6, 6.07) is 4.40. The Morgan fingerprint density at radius 1 is 1.27 bits per heavy atom. The van der Waals surface area contributed by atoms with Crippen LogP contribution in [0.3, 0.4) is 0 Å². The normalized spacial score (nSPS) is 15.9. The molecule has 122 valence electrons. The van der Waals surface area contributed by atoms with Crippen molar-refractivity contribution in [3.8, 4) is 0 Å². The van der Waals surface area contributed by atoms with Crippen LogP contribution in [0.4, 0.5) is 14.9 Å². The molecule has 1 saturated heterocycles. The zero-order valence-electron chi connectivity index (χ0n) is 13.3. The Morgan fingerprint density at radius 2 is 1.91 bits per heavy atom. The van der Waals surface area contributed by atoms with Crippen LogP contribution in [-0.2, 0) is 11.3 Å². The van der Waals surface area contributed by atoms with Crippen LogP contribution in [0, 0.1) is 5.82 Å². The number of ether oxygens (including phenoxy) is 1. The summed E-state index contributed by atoms with van der Waals surface area (Å²) >= 11 is 0. The molecule has 0 saturated carbocycles. The number of carbonyl (C=O) groups is 1. The number of hydrogen-bond acceptors (Lipinski definition) is 4. The topological polar surface area (TPSA) is 53.0 Å². The summed E-state index contributed by atoms with van der Waals surface area (Å²) < 4.78 is 18.6. The van der Waals surface area contributed by atoms with E-state index in [1.165, 1.54) is 12.1 Å². The minimum Gasteiger partial charge on any atom is -0.444 e. The van der Waals surface area contributed by atoms with Crippen LogP contribution in [-0.4, -0.2) is 47.9 Å². The van der Waals surface area contributed by atoms with Gasteiger partial charge in [0.15, 0.2) is 0 Å². The standard InChI is InChI=1S/C16H23FN2O3/c1-16(2,3)22-15(21)19-8-6-18(7-9-19)14-5-4-13(17)10-12(14)11-20/h4-5,10,20H,6-9,11H2,1-3H3. The fourth-order valence-corrected chi connectivity index (χ4v) is 2.45. The molecule has 1 aliphatic rings. The molecule has 5 nitrogen and oxygen atoms in total. The Bertz CT molecular complexity index is 535. The smallest absolute Gasteiger partial charge is 0.410 e. The second-order valence-corrected chi connectivity index (χ2v) is 6.39. The lowest BCUT2D eigenvalue weighted by atomic mass is 10.1.